The molecule has 0 N–H and O–H groups in total. The quantitative estimate of drug-likeness (QED) is 0.135. The number of nitro groups is 1. The van der Waals surface area contributed by atoms with Crippen molar-refractivity contribution in [1.82, 2.24) is 14.1 Å². The van der Waals surface area contributed by atoms with E-state index in [1.165, 1.54) is 16.4 Å². The molecule has 0 saturated carbocycles. The van der Waals surface area contributed by atoms with E-state index >= 15 is 0 Å². The number of non-ortho nitro benzene ring substituents is 1. The second kappa shape index (κ2) is 16.9. The van der Waals surface area contributed by atoms with E-state index in [1.807, 2.05) is 30.3 Å². The van der Waals surface area contributed by atoms with E-state index in [0.717, 1.165) is 44.5 Å². The van der Waals surface area contributed by atoms with Gasteiger partial charge >= 0.3 is 6.09 Å². The number of likely N-dealkylation sites (tertiary alicyclic amines) is 1. The normalized spacial score (nSPS) is 14.6. The lowest BCUT2D eigenvalue weighted by Gasteiger charge is -2.37. The first-order chi connectivity index (χ1) is 21.2. The first-order valence-corrected chi connectivity index (χ1v) is 16.0. The number of rotatable bonds is 13. The summed E-state index contributed by atoms with van der Waals surface area (Å²) < 4.78 is 33.4. The molecule has 0 aromatic heterocycles. The molecule has 1 atom stereocenters. The Morgan fingerprint density at radius 1 is 1.04 bits per heavy atom. The minimum absolute atomic E-state index is 0. The van der Waals surface area contributed by atoms with Crippen LogP contribution in [0.15, 0.2) is 89.8 Å². The number of sulfonamides is 1. The van der Waals surface area contributed by atoms with Crippen LogP contribution in [0.1, 0.15) is 36.3 Å². The smallest absolute Gasteiger partial charge is 0.411 e. The average Bonchev–Trinajstić information content (AvgIpc) is 3.05. The van der Waals surface area contributed by atoms with Gasteiger partial charge in [0.15, 0.2) is 0 Å². The van der Waals surface area contributed by atoms with Crippen LogP contribution in [0.25, 0.3) is 0 Å². The van der Waals surface area contributed by atoms with Gasteiger partial charge < -0.3 is 9.64 Å². The van der Waals surface area contributed by atoms with Crippen molar-refractivity contribution in [3.8, 4) is 12.3 Å². The molecule has 1 heterocycles. The Balaban J connectivity index is 0.00000552. The Bertz CT molecular complexity index is 1530. The second-order valence-corrected chi connectivity index (χ2v) is 12.9. The molecule has 1 saturated heterocycles. The molecule has 0 spiro atoms. The summed E-state index contributed by atoms with van der Waals surface area (Å²) in [6, 6.07) is 24.3. The van der Waals surface area contributed by atoms with Crippen molar-refractivity contribution in [2.75, 3.05) is 39.8 Å². The van der Waals surface area contributed by atoms with Crippen LogP contribution in [0.3, 0.4) is 0 Å². The van der Waals surface area contributed by atoms with Gasteiger partial charge in [0.05, 0.1) is 16.4 Å². The monoisotopic (exact) mass is 654 g/mol. The van der Waals surface area contributed by atoms with Gasteiger partial charge in [0.1, 0.15) is 6.61 Å². The highest BCUT2D eigenvalue weighted by Gasteiger charge is 2.30. The zero-order chi connectivity index (χ0) is 31.5. The van der Waals surface area contributed by atoms with Crippen LogP contribution in [0.2, 0.25) is 0 Å². The number of ether oxygens (including phenoxy) is 1. The molecule has 1 amide bonds. The fourth-order valence-electron chi connectivity index (χ4n) is 5.45. The van der Waals surface area contributed by atoms with Crippen LogP contribution >= 0.6 is 12.4 Å². The van der Waals surface area contributed by atoms with Crippen molar-refractivity contribution in [2.24, 2.45) is 0 Å². The number of terminal acetylenes is 1. The molecular formula is C33H39ClN4O6S. The predicted octanol–water partition coefficient (Wildman–Crippen LogP) is 5.55. The Morgan fingerprint density at radius 2 is 1.64 bits per heavy atom. The van der Waals surface area contributed by atoms with E-state index in [-0.39, 0.29) is 48.1 Å². The average molecular weight is 655 g/mol. The summed E-state index contributed by atoms with van der Waals surface area (Å²) in [6.45, 7) is 2.79. The molecule has 4 rings (SSSR count). The van der Waals surface area contributed by atoms with Gasteiger partial charge in [0.2, 0.25) is 10.0 Å². The van der Waals surface area contributed by atoms with Crippen molar-refractivity contribution >= 4 is 34.2 Å². The third-order valence-corrected chi connectivity index (χ3v) is 9.83. The summed E-state index contributed by atoms with van der Waals surface area (Å²) in [5.41, 5.74) is 1.71. The van der Waals surface area contributed by atoms with Gasteiger partial charge in [-0.1, -0.05) is 54.5 Å². The molecule has 1 aliphatic heterocycles. The highest BCUT2D eigenvalue weighted by atomic mass is 35.5. The van der Waals surface area contributed by atoms with Crippen LogP contribution < -0.4 is 0 Å². The molecule has 0 bridgehead atoms. The highest BCUT2D eigenvalue weighted by Crippen LogP contribution is 2.26. The number of piperidine rings is 1. The minimum Gasteiger partial charge on any atom is -0.445 e. The lowest BCUT2D eigenvalue weighted by atomic mass is 9.94. The number of nitrogens with zero attached hydrogens (tertiary/aromatic N) is 4. The van der Waals surface area contributed by atoms with E-state index in [0.29, 0.717) is 12.1 Å². The van der Waals surface area contributed by atoms with Gasteiger partial charge in [-0.3, -0.25) is 15.0 Å². The third-order valence-electron chi connectivity index (χ3n) is 8.00. The summed E-state index contributed by atoms with van der Waals surface area (Å²) in [5, 5.41) is 10.9. The molecule has 1 aliphatic rings. The van der Waals surface area contributed by atoms with Crippen molar-refractivity contribution < 1.29 is 22.9 Å². The highest BCUT2D eigenvalue weighted by molar-refractivity contribution is 7.89. The van der Waals surface area contributed by atoms with Crippen LogP contribution in [0, 0.1) is 22.5 Å². The summed E-state index contributed by atoms with van der Waals surface area (Å²) in [7, 11) is -1.99. The maximum atomic E-state index is 13.2. The van der Waals surface area contributed by atoms with Gasteiger partial charge in [0, 0.05) is 44.9 Å². The van der Waals surface area contributed by atoms with Crippen LogP contribution in [-0.2, 0) is 21.4 Å². The number of carbonyl (C=O) groups is 1. The molecule has 1 unspecified atom stereocenters. The van der Waals surface area contributed by atoms with Crippen molar-refractivity contribution in [3.63, 3.8) is 0 Å². The number of carbonyl (C=O) groups excluding carboxylic acids is 1. The molecule has 1 fully saturated rings. The Morgan fingerprint density at radius 3 is 2.22 bits per heavy atom. The molecule has 240 valence electrons. The SMILES string of the molecule is C#CCN(C(=O)OCc1ccc([N+](=O)[O-])cc1)C1CCN(CCC(CN(C)S(=O)(=O)c2ccccc2)c2ccccc2)CC1.Cl. The van der Waals surface area contributed by atoms with Crippen LogP contribution in [0.4, 0.5) is 10.5 Å². The van der Waals surface area contributed by atoms with Crippen molar-refractivity contribution in [1.29, 1.82) is 0 Å². The van der Waals surface area contributed by atoms with Crippen LogP contribution in [0.5, 0.6) is 0 Å². The predicted molar refractivity (Wildman–Crippen MR) is 176 cm³/mol. The number of hydrogen-bond donors (Lipinski definition) is 0. The third kappa shape index (κ3) is 9.77. The van der Waals surface area contributed by atoms with Gasteiger partial charge in [-0.25, -0.2) is 17.5 Å². The number of likely N-dealkylation sites (N-methyl/N-ethyl adjacent to an activating group) is 1. The van der Waals surface area contributed by atoms with E-state index < -0.39 is 21.0 Å². The second-order valence-electron chi connectivity index (χ2n) is 10.9. The van der Waals surface area contributed by atoms with Gasteiger partial charge in [-0.15, -0.1) is 18.8 Å². The largest absolute Gasteiger partial charge is 0.445 e. The van der Waals surface area contributed by atoms with E-state index in [1.54, 1.807) is 54.4 Å². The van der Waals surface area contributed by atoms with Crippen molar-refractivity contribution in [2.45, 2.75) is 42.7 Å². The topological polar surface area (TPSA) is 113 Å². The van der Waals surface area contributed by atoms with Gasteiger partial charge in [-0.2, -0.15) is 0 Å². The number of halogens is 1. The number of nitro benzene ring substituents is 1. The lowest BCUT2D eigenvalue weighted by Crippen LogP contribution is -2.48. The molecule has 3 aromatic rings. The Hall–Kier alpha value is -3.95. The van der Waals surface area contributed by atoms with Gasteiger partial charge in [0.25, 0.3) is 5.69 Å². The Kier molecular flexibility index (Phi) is 13.4. The Labute approximate surface area is 271 Å². The molecule has 10 nitrogen and oxygen atoms in total. The van der Waals surface area contributed by atoms with Crippen molar-refractivity contribution in [3.05, 3.63) is 106 Å². The molecular weight excluding hydrogens is 616 g/mol. The summed E-state index contributed by atoms with van der Waals surface area (Å²) >= 11 is 0. The first kappa shape index (κ1) is 35.5. The maximum absolute atomic E-state index is 13.2. The number of benzene rings is 3. The standard InChI is InChI=1S/C33H38N4O6S.ClH/c1-3-21-36(33(38)43-26-27-14-16-31(17-15-27)37(39)40)30-19-23-35(24-20-30)22-18-29(28-10-6-4-7-11-28)25-34(2)44(41,42)32-12-8-5-9-13-32;/h1,4-17,29-30H,18-26H2,2H3;1H. The van der Waals surface area contributed by atoms with Gasteiger partial charge in [-0.05, 0) is 67.1 Å². The summed E-state index contributed by atoms with van der Waals surface area (Å²) in [4.78, 5) is 27.5. The number of hydrogen-bond acceptors (Lipinski definition) is 7. The molecule has 45 heavy (non-hydrogen) atoms. The lowest BCUT2D eigenvalue weighted by molar-refractivity contribution is -0.384. The van der Waals surface area contributed by atoms with E-state index in [2.05, 4.69) is 10.8 Å². The van der Waals surface area contributed by atoms with E-state index in [9.17, 15) is 23.3 Å². The first-order valence-electron chi connectivity index (χ1n) is 14.6. The molecule has 0 aliphatic carbocycles. The number of amides is 1. The summed E-state index contributed by atoms with van der Waals surface area (Å²) in [6.07, 6.45) is 7.30. The van der Waals surface area contributed by atoms with Crippen LogP contribution in [-0.4, -0.2) is 79.4 Å². The molecule has 0 radical (unpaired) electrons. The fourth-order valence-corrected chi connectivity index (χ4v) is 6.68. The maximum Gasteiger partial charge on any atom is 0.411 e. The fraction of sp³-hybridized carbons (Fsp3) is 0.364. The van der Waals surface area contributed by atoms with E-state index in [4.69, 9.17) is 11.2 Å². The molecule has 3 aromatic carbocycles. The zero-order valence-electron chi connectivity index (χ0n) is 25.2. The minimum atomic E-state index is -3.62. The zero-order valence-corrected chi connectivity index (χ0v) is 26.9. The summed E-state index contributed by atoms with van der Waals surface area (Å²) in [5.74, 6) is 2.56. The molecule has 12 heteroatoms.